The average Bonchev–Trinajstić information content (AvgIpc) is 2.05. The van der Waals surface area contributed by atoms with Crippen molar-refractivity contribution in [3.8, 4) is 0 Å². The molecular weight excluding hydrogens is 150 g/mol. The number of aliphatic hydroxyl groups excluding tert-OH is 1. The molecule has 2 heteroatoms. The molecule has 1 rings (SSSR count). The standard InChI is InChI=1S/C10H15NO/c1-8(7-10(11)12)9-5-3-2-4-6-9/h2-6,8,10,12H,7,11H2,1H3. The van der Waals surface area contributed by atoms with Crippen molar-refractivity contribution in [1.29, 1.82) is 0 Å². The summed E-state index contributed by atoms with van der Waals surface area (Å²) >= 11 is 0. The predicted molar refractivity (Wildman–Crippen MR) is 49.7 cm³/mol. The number of benzene rings is 1. The summed E-state index contributed by atoms with van der Waals surface area (Å²) in [7, 11) is 0. The molecule has 1 aromatic carbocycles. The molecule has 0 spiro atoms. The van der Waals surface area contributed by atoms with Crippen molar-refractivity contribution in [2.45, 2.75) is 25.5 Å². The molecule has 0 aromatic heterocycles. The Hall–Kier alpha value is -0.860. The maximum atomic E-state index is 8.96. The van der Waals surface area contributed by atoms with E-state index in [1.54, 1.807) is 0 Å². The minimum absolute atomic E-state index is 0.325. The van der Waals surface area contributed by atoms with Gasteiger partial charge in [0.1, 0.15) is 6.23 Å². The summed E-state index contributed by atoms with van der Waals surface area (Å²) in [5.41, 5.74) is 6.51. The van der Waals surface area contributed by atoms with Crippen LogP contribution in [0, 0.1) is 0 Å². The van der Waals surface area contributed by atoms with Gasteiger partial charge in [-0.15, -0.1) is 0 Å². The van der Waals surface area contributed by atoms with Gasteiger partial charge >= 0.3 is 0 Å². The van der Waals surface area contributed by atoms with Gasteiger partial charge in [0, 0.05) is 0 Å². The van der Waals surface area contributed by atoms with E-state index in [0.29, 0.717) is 12.3 Å². The third-order valence-corrected chi connectivity index (χ3v) is 1.96. The molecule has 0 fully saturated rings. The van der Waals surface area contributed by atoms with E-state index < -0.39 is 6.23 Å². The highest BCUT2D eigenvalue weighted by Gasteiger charge is 2.07. The molecule has 0 heterocycles. The molecule has 0 aliphatic heterocycles. The fourth-order valence-corrected chi connectivity index (χ4v) is 1.28. The number of nitrogens with two attached hydrogens (primary N) is 1. The van der Waals surface area contributed by atoms with E-state index in [-0.39, 0.29) is 0 Å². The Morgan fingerprint density at radius 1 is 1.33 bits per heavy atom. The molecule has 0 saturated heterocycles. The molecule has 0 radical (unpaired) electrons. The van der Waals surface area contributed by atoms with Gasteiger partial charge in [0.25, 0.3) is 0 Å². The van der Waals surface area contributed by atoms with E-state index in [4.69, 9.17) is 10.8 Å². The molecule has 2 nitrogen and oxygen atoms in total. The molecular formula is C10H15NO. The van der Waals surface area contributed by atoms with Crippen molar-refractivity contribution in [2.24, 2.45) is 5.73 Å². The lowest BCUT2D eigenvalue weighted by Crippen LogP contribution is -2.20. The Kier molecular flexibility index (Phi) is 3.26. The second-order valence-electron chi connectivity index (χ2n) is 3.11. The number of rotatable bonds is 3. The topological polar surface area (TPSA) is 46.2 Å². The number of aliphatic hydroxyl groups is 1. The van der Waals surface area contributed by atoms with E-state index in [1.165, 1.54) is 5.56 Å². The third-order valence-electron chi connectivity index (χ3n) is 1.96. The van der Waals surface area contributed by atoms with Crippen LogP contribution < -0.4 is 5.73 Å². The molecule has 3 N–H and O–H groups in total. The minimum atomic E-state index is -0.708. The van der Waals surface area contributed by atoms with Gasteiger partial charge in [-0.3, -0.25) is 0 Å². The Balaban J connectivity index is 2.59. The van der Waals surface area contributed by atoms with Crippen LogP contribution >= 0.6 is 0 Å². The summed E-state index contributed by atoms with van der Waals surface area (Å²) in [6.07, 6.45) is -0.0930. The lowest BCUT2D eigenvalue weighted by Gasteiger charge is -2.12. The zero-order valence-corrected chi connectivity index (χ0v) is 7.27. The van der Waals surface area contributed by atoms with Crippen molar-refractivity contribution in [1.82, 2.24) is 0 Å². The smallest absolute Gasteiger partial charge is 0.102 e. The summed E-state index contributed by atoms with van der Waals surface area (Å²) in [5.74, 6) is 0.325. The molecule has 0 saturated carbocycles. The van der Waals surface area contributed by atoms with E-state index in [9.17, 15) is 0 Å². The first-order valence-corrected chi connectivity index (χ1v) is 4.18. The summed E-state index contributed by atoms with van der Waals surface area (Å²) in [4.78, 5) is 0. The largest absolute Gasteiger partial charge is 0.379 e. The Labute approximate surface area is 73.0 Å². The van der Waals surface area contributed by atoms with Crippen LogP contribution in [-0.4, -0.2) is 11.3 Å². The number of hydrogen-bond donors (Lipinski definition) is 2. The van der Waals surface area contributed by atoms with Crippen LogP contribution in [0.25, 0.3) is 0 Å². The van der Waals surface area contributed by atoms with Gasteiger partial charge in [-0.05, 0) is 17.9 Å². The fourth-order valence-electron chi connectivity index (χ4n) is 1.28. The minimum Gasteiger partial charge on any atom is -0.379 e. The lowest BCUT2D eigenvalue weighted by molar-refractivity contribution is 0.164. The van der Waals surface area contributed by atoms with Gasteiger partial charge in [-0.25, -0.2) is 0 Å². The summed E-state index contributed by atoms with van der Waals surface area (Å²) in [5, 5.41) is 8.96. The molecule has 1 aromatic rings. The first-order chi connectivity index (χ1) is 5.70. The molecule has 2 unspecified atom stereocenters. The summed E-state index contributed by atoms with van der Waals surface area (Å²) < 4.78 is 0. The molecule has 0 aliphatic rings. The van der Waals surface area contributed by atoms with Gasteiger partial charge in [-0.1, -0.05) is 37.3 Å². The van der Waals surface area contributed by atoms with Crippen molar-refractivity contribution in [3.63, 3.8) is 0 Å². The predicted octanol–water partition coefficient (Wildman–Crippen LogP) is 1.46. The van der Waals surface area contributed by atoms with Crippen molar-refractivity contribution in [3.05, 3.63) is 35.9 Å². The van der Waals surface area contributed by atoms with Gasteiger partial charge in [-0.2, -0.15) is 0 Å². The highest BCUT2D eigenvalue weighted by atomic mass is 16.3. The highest BCUT2D eigenvalue weighted by Crippen LogP contribution is 2.18. The van der Waals surface area contributed by atoms with E-state index in [1.807, 2.05) is 30.3 Å². The van der Waals surface area contributed by atoms with Gasteiger partial charge in [0.05, 0.1) is 0 Å². The maximum Gasteiger partial charge on any atom is 0.102 e. The SMILES string of the molecule is CC(CC(N)O)c1ccccc1. The first-order valence-electron chi connectivity index (χ1n) is 4.18. The molecule has 66 valence electrons. The van der Waals surface area contributed by atoms with Gasteiger partial charge in [0.15, 0.2) is 0 Å². The number of hydrogen-bond acceptors (Lipinski definition) is 2. The Morgan fingerprint density at radius 3 is 2.42 bits per heavy atom. The van der Waals surface area contributed by atoms with Crippen molar-refractivity contribution in [2.75, 3.05) is 0 Å². The first kappa shape index (κ1) is 9.23. The molecule has 0 amide bonds. The summed E-state index contributed by atoms with van der Waals surface area (Å²) in [6.45, 7) is 2.06. The van der Waals surface area contributed by atoms with Crippen molar-refractivity contribution < 1.29 is 5.11 Å². The Bertz CT molecular complexity index is 221. The molecule has 0 aliphatic carbocycles. The summed E-state index contributed by atoms with van der Waals surface area (Å²) in [6, 6.07) is 10.1. The molecule has 2 atom stereocenters. The van der Waals surface area contributed by atoms with E-state index in [0.717, 1.165) is 0 Å². The van der Waals surface area contributed by atoms with Gasteiger partial charge in [0.2, 0.25) is 0 Å². The van der Waals surface area contributed by atoms with E-state index >= 15 is 0 Å². The van der Waals surface area contributed by atoms with Crippen molar-refractivity contribution >= 4 is 0 Å². The van der Waals surface area contributed by atoms with Crippen LogP contribution in [0.3, 0.4) is 0 Å². The van der Waals surface area contributed by atoms with E-state index in [2.05, 4.69) is 6.92 Å². The second-order valence-corrected chi connectivity index (χ2v) is 3.11. The highest BCUT2D eigenvalue weighted by molar-refractivity contribution is 5.18. The van der Waals surface area contributed by atoms with Crippen LogP contribution in [0.4, 0.5) is 0 Å². The molecule has 0 bridgehead atoms. The van der Waals surface area contributed by atoms with Crippen LogP contribution in [-0.2, 0) is 0 Å². The Morgan fingerprint density at radius 2 is 1.92 bits per heavy atom. The zero-order chi connectivity index (χ0) is 8.97. The zero-order valence-electron chi connectivity index (χ0n) is 7.27. The lowest BCUT2D eigenvalue weighted by atomic mass is 9.97. The van der Waals surface area contributed by atoms with Crippen LogP contribution in [0.1, 0.15) is 24.8 Å². The van der Waals surface area contributed by atoms with Crippen LogP contribution in [0.5, 0.6) is 0 Å². The monoisotopic (exact) mass is 165 g/mol. The fraction of sp³-hybridized carbons (Fsp3) is 0.400. The van der Waals surface area contributed by atoms with Gasteiger partial charge < -0.3 is 10.8 Å². The average molecular weight is 165 g/mol. The second kappa shape index (κ2) is 4.24. The quantitative estimate of drug-likeness (QED) is 0.666. The molecule has 12 heavy (non-hydrogen) atoms. The maximum absolute atomic E-state index is 8.96. The normalized spacial score (nSPS) is 15.6. The van der Waals surface area contributed by atoms with Crippen LogP contribution in [0.2, 0.25) is 0 Å². The van der Waals surface area contributed by atoms with Crippen LogP contribution in [0.15, 0.2) is 30.3 Å². The third kappa shape index (κ3) is 2.64.